The molecule has 0 aliphatic heterocycles. The highest BCUT2D eigenvalue weighted by Crippen LogP contribution is 2.22. The number of carbonyl (C=O) groups excluding carboxylic acids is 1. The zero-order valence-electron chi connectivity index (χ0n) is 10.0. The normalized spacial score (nSPS) is 13.8. The third-order valence-corrected chi connectivity index (χ3v) is 6.92. The quantitative estimate of drug-likeness (QED) is 0.754. The van der Waals surface area contributed by atoms with E-state index >= 15 is 0 Å². The second-order valence-corrected chi connectivity index (χ2v) is 8.58. The monoisotopic (exact) mass is 326 g/mol. The van der Waals surface area contributed by atoms with Crippen LogP contribution >= 0.6 is 11.6 Å². The Bertz CT molecular complexity index is 675. The fourth-order valence-electron chi connectivity index (χ4n) is 1.38. The van der Waals surface area contributed by atoms with Crippen LogP contribution in [0.2, 0.25) is 5.02 Å². The van der Waals surface area contributed by atoms with Crippen molar-refractivity contribution in [2.45, 2.75) is 9.48 Å². The van der Waals surface area contributed by atoms with E-state index in [0.717, 1.165) is 19.2 Å². The van der Waals surface area contributed by atoms with E-state index in [1.165, 1.54) is 12.1 Å². The molecule has 0 aromatic heterocycles. The Kier molecular flexibility index (Phi) is 4.59. The first kappa shape index (κ1) is 15.9. The molecule has 6 nitrogen and oxygen atoms in total. The van der Waals surface area contributed by atoms with Gasteiger partial charge in [0.2, 0.25) is 9.84 Å². The zero-order valence-corrected chi connectivity index (χ0v) is 12.4. The Morgan fingerprint density at radius 2 is 1.63 bits per heavy atom. The third kappa shape index (κ3) is 3.46. The molecule has 0 fully saturated rings. The standard InChI is InChI=1S/C10H11ClO6S2/c1-17-9(12)10(18(2,13)14)19(15,16)8-5-3-7(11)4-6-8/h3-6,10H,1-2H3/t10-/m0/s1. The summed E-state index contributed by atoms with van der Waals surface area (Å²) in [6, 6.07) is 4.81. The van der Waals surface area contributed by atoms with Gasteiger partial charge in [0.05, 0.1) is 12.0 Å². The minimum atomic E-state index is -4.41. The molecule has 9 heteroatoms. The van der Waals surface area contributed by atoms with Gasteiger partial charge >= 0.3 is 5.97 Å². The van der Waals surface area contributed by atoms with E-state index in [1.807, 2.05) is 0 Å². The van der Waals surface area contributed by atoms with Crippen LogP contribution in [0.5, 0.6) is 0 Å². The van der Waals surface area contributed by atoms with Crippen LogP contribution in [-0.2, 0) is 29.2 Å². The van der Waals surface area contributed by atoms with Crippen molar-refractivity contribution in [1.82, 2.24) is 0 Å². The van der Waals surface area contributed by atoms with Crippen molar-refractivity contribution >= 4 is 37.2 Å². The van der Waals surface area contributed by atoms with Crippen LogP contribution in [0.3, 0.4) is 0 Å². The summed E-state index contributed by atoms with van der Waals surface area (Å²) in [4.78, 5) is 11.1. The number of benzene rings is 1. The van der Waals surface area contributed by atoms with Crippen molar-refractivity contribution < 1.29 is 26.4 Å². The first-order valence-corrected chi connectivity index (χ1v) is 8.74. The van der Waals surface area contributed by atoms with E-state index in [2.05, 4.69) is 4.74 Å². The number of ether oxygens (including phenoxy) is 1. The van der Waals surface area contributed by atoms with Gasteiger partial charge in [0.25, 0.3) is 4.58 Å². The molecule has 1 aromatic rings. The zero-order chi connectivity index (χ0) is 14.8. The van der Waals surface area contributed by atoms with Crippen molar-refractivity contribution in [2.24, 2.45) is 0 Å². The summed E-state index contributed by atoms with van der Waals surface area (Å²) in [5, 5.41) is 0.285. The number of halogens is 1. The Balaban J connectivity index is 3.45. The van der Waals surface area contributed by atoms with Gasteiger partial charge in [0, 0.05) is 11.3 Å². The van der Waals surface area contributed by atoms with Gasteiger partial charge in [0.15, 0.2) is 9.84 Å². The van der Waals surface area contributed by atoms with Gasteiger partial charge < -0.3 is 4.74 Å². The highest BCUT2D eigenvalue weighted by Gasteiger charge is 2.43. The second kappa shape index (κ2) is 5.48. The molecule has 19 heavy (non-hydrogen) atoms. The van der Waals surface area contributed by atoms with Crippen LogP contribution in [0.15, 0.2) is 29.2 Å². The Morgan fingerprint density at radius 1 is 1.16 bits per heavy atom. The lowest BCUT2D eigenvalue weighted by atomic mass is 10.4. The lowest BCUT2D eigenvalue weighted by Gasteiger charge is -2.13. The lowest BCUT2D eigenvalue weighted by Crippen LogP contribution is -2.38. The van der Waals surface area contributed by atoms with Crippen molar-refractivity contribution in [3.05, 3.63) is 29.3 Å². The second-order valence-electron chi connectivity index (χ2n) is 3.68. The molecule has 1 atom stereocenters. The molecule has 1 rings (SSSR count). The first-order chi connectivity index (χ1) is 8.60. The number of sulfone groups is 2. The minimum absolute atomic E-state index is 0.285. The number of hydrogen-bond donors (Lipinski definition) is 0. The van der Waals surface area contributed by atoms with E-state index in [9.17, 15) is 21.6 Å². The summed E-state index contributed by atoms with van der Waals surface area (Å²) in [7, 11) is -7.68. The van der Waals surface area contributed by atoms with Gasteiger partial charge in [-0.2, -0.15) is 0 Å². The smallest absolute Gasteiger partial charge is 0.340 e. The molecule has 0 saturated heterocycles. The number of esters is 1. The highest BCUT2D eigenvalue weighted by atomic mass is 35.5. The molecule has 0 N–H and O–H groups in total. The highest BCUT2D eigenvalue weighted by molar-refractivity contribution is 8.09. The van der Waals surface area contributed by atoms with Crippen molar-refractivity contribution in [2.75, 3.05) is 13.4 Å². The maximum Gasteiger partial charge on any atom is 0.340 e. The molecule has 0 aliphatic carbocycles. The first-order valence-electron chi connectivity index (χ1n) is 4.87. The van der Waals surface area contributed by atoms with Crippen LogP contribution in [-0.4, -0.2) is 40.8 Å². The number of hydrogen-bond acceptors (Lipinski definition) is 6. The molecular weight excluding hydrogens is 316 g/mol. The van der Waals surface area contributed by atoms with Gasteiger partial charge in [-0.15, -0.1) is 0 Å². The van der Waals surface area contributed by atoms with E-state index in [-0.39, 0.29) is 9.92 Å². The van der Waals surface area contributed by atoms with E-state index < -0.39 is 30.2 Å². The van der Waals surface area contributed by atoms with Gasteiger partial charge in [-0.25, -0.2) is 21.6 Å². The fraction of sp³-hybridized carbons (Fsp3) is 0.300. The Labute approximate surface area is 116 Å². The van der Waals surface area contributed by atoms with E-state index in [0.29, 0.717) is 6.26 Å². The van der Waals surface area contributed by atoms with Crippen molar-refractivity contribution in [3.8, 4) is 0 Å². The topological polar surface area (TPSA) is 94.6 Å². The number of carbonyl (C=O) groups is 1. The summed E-state index contributed by atoms with van der Waals surface area (Å²) >= 11 is 5.62. The molecule has 1 aromatic carbocycles. The molecule has 0 saturated carbocycles. The summed E-state index contributed by atoms with van der Waals surface area (Å²) in [5.41, 5.74) is 0. The number of rotatable bonds is 4. The largest absolute Gasteiger partial charge is 0.467 e. The van der Waals surface area contributed by atoms with Crippen molar-refractivity contribution in [1.29, 1.82) is 0 Å². The predicted octanol–water partition coefficient (Wildman–Crippen LogP) is 0.657. The third-order valence-electron chi connectivity index (χ3n) is 2.21. The molecule has 0 radical (unpaired) electrons. The van der Waals surface area contributed by atoms with Crippen LogP contribution < -0.4 is 0 Å². The van der Waals surface area contributed by atoms with Gasteiger partial charge in [0.1, 0.15) is 0 Å². The summed E-state index contributed by atoms with van der Waals surface area (Å²) in [6.07, 6.45) is 0.655. The van der Waals surface area contributed by atoms with Gasteiger partial charge in [-0.3, -0.25) is 0 Å². The maximum absolute atomic E-state index is 12.2. The Morgan fingerprint density at radius 3 is 2.00 bits per heavy atom. The number of methoxy groups -OCH3 is 1. The van der Waals surface area contributed by atoms with Crippen molar-refractivity contribution in [3.63, 3.8) is 0 Å². The van der Waals surface area contributed by atoms with Crippen LogP contribution in [0.25, 0.3) is 0 Å². The minimum Gasteiger partial charge on any atom is -0.467 e. The average molecular weight is 327 g/mol. The van der Waals surface area contributed by atoms with E-state index in [4.69, 9.17) is 11.6 Å². The van der Waals surface area contributed by atoms with Crippen LogP contribution in [0.1, 0.15) is 0 Å². The predicted molar refractivity (Wildman–Crippen MR) is 69.3 cm³/mol. The van der Waals surface area contributed by atoms with Crippen LogP contribution in [0.4, 0.5) is 0 Å². The summed E-state index contributed by atoms with van der Waals surface area (Å²) in [6.45, 7) is 0. The molecule has 0 heterocycles. The molecule has 0 spiro atoms. The Hall–Kier alpha value is -1.12. The van der Waals surface area contributed by atoms with E-state index in [1.54, 1.807) is 0 Å². The fourth-order valence-corrected chi connectivity index (χ4v) is 5.23. The molecule has 0 bridgehead atoms. The van der Waals surface area contributed by atoms with Gasteiger partial charge in [-0.1, -0.05) is 11.6 Å². The molecule has 106 valence electrons. The van der Waals surface area contributed by atoms with Crippen LogP contribution in [0, 0.1) is 0 Å². The maximum atomic E-state index is 12.2. The molecular formula is C10H11ClO6S2. The molecule has 0 amide bonds. The molecule has 0 unspecified atom stereocenters. The summed E-state index contributed by atoms with van der Waals surface area (Å²) in [5.74, 6) is -1.35. The molecule has 0 aliphatic rings. The van der Waals surface area contributed by atoms with Gasteiger partial charge in [-0.05, 0) is 24.3 Å². The SMILES string of the molecule is COC(=O)[C@@H](S(C)(=O)=O)S(=O)(=O)c1ccc(Cl)cc1. The summed E-state index contributed by atoms with van der Waals surface area (Å²) < 4.78 is 49.3. The average Bonchev–Trinajstić information content (AvgIpc) is 2.27. The lowest BCUT2D eigenvalue weighted by molar-refractivity contribution is -0.138.